The summed E-state index contributed by atoms with van der Waals surface area (Å²) in [5.74, 6) is -0.554. The molecule has 0 radical (unpaired) electrons. The van der Waals surface area contributed by atoms with Gasteiger partial charge in [-0.1, -0.05) is 24.3 Å². The molecule has 12 heteroatoms. The lowest BCUT2D eigenvalue weighted by Gasteiger charge is -2.10. The minimum Gasteiger partial charge on any atom is -0.376 e. The third-order valence-corrected chi connectivity index (χ3v) is 6.02. The van der Waals surface area contributed by atoms with Crippen LogP contribution in [0, 0.1) is 21.4 Å². The second-order valence-corrected chi connectivity index (χ2v) is 8.32. The maximum Gasteiger partial charge on any atom is 0.283 e. The average molecular weight is 478 g/mol. The first-order valence-corrected chi connectivity index (χ1v) is 11.2. The molecule has 1 N–H and O–H groups in total. The molecule has 0 bridgehead atoms. The molecule has 34 heavy (non-hydrogen) atoms. The van der Waals surface area contributed by atoms with Gasteiger partial charge in [-0.05, 0) is 64.9 Å². The van der Waals surface area contributed by atoms with Crippen LogP contribution in [0.5, 0.6) is 0 Å². The quantitative estimate of drug-likeness (QED) is 0.224. The van der Waals surface area contributed by atoms with E-state index in [2.05, 4.69) is 20.8 Å². The van der Waals surface area contributed by atoms with Gasteiger partial charge < -0.3 is 10.1 Å². The van der Waals surface area contributed by atoms with Crippen molar-refractivity contribution < 1.29 is 14.5 Å². The Bertz CT molecular complexity index is 1260. The van der Waals surface area contributed by atoms with Crippen molar-refractivity contribution in [3.63, 3.8) is 0 Å². The summed E-state index contributed by atoms with van der Waals surface area (Å²) in [6, 6.07) is 15.4. The number of nitrogens with one attached hydrogen (secondary N) is 1. The van der Waals surface area contributed by atoms with E-state index in [0.29, 0.717) is 34.5 Å². The Hall–Kier alpha value is -4.08. The topological polar surface area (TPSA) is 149 Å². The van der Waals surface area contributed by atoms with Gasteiger partial charge in [-0.15, -0.1) is 5.10 Å². The van der Waals surface area contributed by atoms with Gasteiger partial charge in [0.1, 0.15) is 11.6 Å². The van der Waals surface area contributed by atoms with Crippen LogP contribution in [0.4, 0.5) is 5.69 Å². The molecule has 1 aromatic heterocycles. The maximum absolute atomic E-state index is 12.4. The summed E-state index contributed by atoms with van der Waals surface area (Å²) in [4.78, 5) is 23.9. The van der Waals surface area contributed by atoms with Gasteiger partial charge in [0.05, 0.1) is 21.6 Å². The van der Waals surface area contributed by atoms with Crippen LogP contribution in [0.3, 0.4) is 0 Å². The molecule has 0 aliphatic carbocycles. The molecule has 1 aliphatic rings. The Morgan fingerprint density at radius 2 is 2.18 bits per heavy atom. The number of nitriles is 1. The number of tetrazole rings is 1. The summed E-state index contributed by atoms with van der Waals surface area (Å²) < 4.78 is 6.94. The Kier molecular flexibility index (Phi) is 7.26. The smallest absolute Gasteiger partial charge is 0.283 e. The lowest BCUT2D eigenvalue weighted by Crippen LogP contribution is -2.32. The standard InChI is InChI=1S/C22H19N7O4S/c23-13-16(21(30)24-14-18-7-4-10-33-18)11-15-8-9-20(19(12-15)29(31)32)34-22-25-26-27-28(22)17-5-2-1-3-6-17/h1-3,5-6,8-9,11-12,18H,4,7,10,14H2,(H,24,30)/b16-11+/t18-/m0/s1. The largest absolute Gasteiger partial charge is 0.376 e. The molecule has 2 heterocycles. The molecule has 172 valence electrons. The number of carbonyl (C=O) groups is 1. The monoisotopic (exact) mass is 477 g/mol. The number of para-hydroxylation sites is 1. The van der Waals surface area contributed by atoms with Crippen LogP contribution in [0.15, 0.2) is 64.2 Å². The van der Waals surface area contributed by atoms with E-state index < -0.39 is 10.8 Å². The number of nitrogens with zero attached hydrogens (tertiary/aromatic N) is 6. The van der Waals surface area contributed by atoms with Crippen LogP contribution in [-0.2, 0) is 9.53 Å². The fourth-order valence-electron chi connectivity index (χ4n) is 3.35. The second-order valence-electron chi connectivity index (χ2n) is 7.31. The first-order valence-electron chi connectivity index (χ1n) is 10.4. The fourth-order valence-corrected chi connectivity index (χ4v) is 4.22. The van der Waals surface area contributed by atoms with Crippen molar-refractivity contribution in [2.24, 2.45) is 0 Å². The Morgan fingerprint density at radius 1 is 1.35 bits per heavy atom. The molecule has 1 fully saturated rings. The van der Waals surface area contributed by atoms with Crippen molar-refractivity contribution in [3.05, 3.63) is 69.8 Å². The molecule has 1 atom stereocenters. The lowest BCUT2D eigenvalue weighted by molar-refractivity contribution is -0.387. The van der Waals surface area contributed by atoms with Gasteiger partial charge >= 0.3 is 0 Å². The summed E-state index contributed by atoms with van der Waals surface area (Å²) in [6.07, 6.45) is 3.05. The molecule has 11 nitrogen and oxygen atoms in total. The lowest BCUT2D eigenvalue weighted by atomic mass is 10.1. The molecular weight excluding hydrogens is 458 g/mol. The second kappa shape index (κ2) is 10.7. The van der Waals surface area contributed by atoms with Crippen molar-refractivity contribution in [1.29, 1.82) is 5.26 Å². The number of rotatable bonds is 8. The summed E-state index contributed by atoms with van der Waals surface area (Å²) in [6.45, 7) is 0.969. The van der Waals surface area contributed by atoms with Crippen molar-refractivity contribution >= 4 is 29.4 Å². The highest BCUT2D eigenvalue weighted by Crippen LogP contribution is 2.35. The highest BCUT2D eigenvalue weighted by atomic mass is 32.2. The van der Waals surface area contributed by atoms with Crippen LogP contribution < -0.4 is 5.32 Å². The Morgan fingerprint density at radius 3 is 2.88 bits per heavy atom. The van der Waals surface area contributed by atoms with Crippen molar-refractivity contribution in [2.75, 3.05) is 13.2 Å². The van der Waals surface area contributed by atoms with Crippen LogP contribution in [0.1, 0.15) is 18.4 Å². The van der Waals surface area contributed by atoms with E-state index in [1.54, 1.807) is 6.07 Å². The molecule has 0 unspecified atom stereocenters. The highest BCUT2D eigenvalue weighted by Gasteiger charge is 2.21. The number of carbonyl (C=O) groups excluding carboxylic acids is 1. The first-order chi connectivity index (χ1) is 16.5. The number of hydrogen-bond acceptors (Lipinski definition) is 9. The summed E-state index contributed by atoms with van der Waals surface area (Å²) in [7, 11) is 0. The van der Waals surface area contributed by atoms with E-state index in [1.807, 2.05) is 36.4 Å². The van der Waals surface area contributed by atoms with Gasteiger partial charge in [0.15, 0.2) is 0 Å². The zero-order valence-electron chi connectivity index (χ0n) is 17.8. The number of amides is 1. The normalized spacial score (nSPS) is 15.6. The van der Waals surface area contributed by atoms with Gasteiger partial charge in [-0.3, -0.25) is 14.9 Å². The number of aromatic nitrogens is 4. The summed E-state index contributed by atoms with van der Waals surface area (Å²) in [5, 5.41) is 35.8. The van der Waals surface area contributed by atoms with E-state index in [0.717, 1.165) is 24.6 Å². The van der Waals surface area contributed by atoms with Gasteiger partial charge in [0.25, 0.3) is 11.6 Å². The summed E-state index contributed by atoms with van der Waals surface area (Å²) in [5.41, 5.74) is 0.714. The van der Waals surface area contributed by atoms with Crippen molar-refractivity contribution in [3.8, 4) is 11.8 Å². The van der Waals surface area contributed by atoms with Crippen LogP contribution >= 0.6 is 11.8 Å². The molecule has 0 spiro atoms. The number of hydrogen-bond donors (Lipinski definition) is 1. The molecule has 3 aromatic rings. The zero-order valence-corrected chi connectivity index (χ0v) is 18.6. The molecule has 0 saturated carbocycles. The van der Waals surface area contributed by atoms with Crippen LogP contribution in [0.25, 0.3) is 11.8 Å². The average Bonchev–Trinajstić information content (AvgIpc) is 3.54. The number of benzene rings is 2. The number of ether oxygens (including phenoxy) is 1. The predicted molar refractivity (Wildman–Crippen MR) is 122 cm³/mol. The SMILES string of the molecule is N#C/C(=C\c1ccc(Sc2nnnn2-c2ccccc2)c([N+](=O)[O-])c1)C(=O)NC[C@@H]1CCCO1. The molecule has 1 aliphatic heterocycles. The molecule has 1 saturated heterocycles. The van der Waals surface area contributed by atoms with Crippen molar-refractivity contribution in [2.45, 2.75) is 29.0 Å². The molecule has 2 aromatic carbocycles. The number of nitro benzene ring substituents is 1. The van der Waals surface area contributed by atoms with Gasteiger partial charge in [0, 0.05) is 19.2 Å². The van der Waals surface area contributed by atoms with E-state index in [-0.39, 0.29) is 17.4 Å². The van der Waals surface area contributed by atoms with E-state index in [9.17, 15) is 20.2 Å². The van der Waals surface area contributed by atoms with Gasteiger partial charge in [-0.2, -0.15) is 9.94 Å². The van der Waals surface area contributed by atoms with Crippen molar-refractivity contribution in [1.82, 2.24) is 25.5 Å². The predicted octanol–water partition coefficient (Wildman–Crippen LogP) is 2.92. The fraction of sp³-hybridized carbons (Fsp3) is 0.227. The van der Waals surface area contributed by atoms with Crippen LogP contribution in [0.2, 0.25) is 0 Å². The Balaban J connectivity index is 1.55. The van der Waals surface area contributed by atoms with Gasteiger partial charge in [-0.25, -0.2) is 0 Å². The minimum atomic E-state index is -0.554. The van der Waals surface area contributed by atoms with E-state index in [4.69, 9.17) is 4.74 Å². The Labute approximate surface area is 198 Å². The zero-order chi connectivity index (χ0) is 23.9. The van der Waals surface area contributed by atoms with E-state index >= 15 is 0 Å². The maximum atomic E-state index is 12.4. The third kappa shape index (κ3) is 5.45. The first kappa shape index (κ1) is 23.1. The minimum absolute atomic E-state index is 0.0614. The molecular formula is C22H19N7O4S. The van der Waals surface area contributed by atoms with Gasteiger partial charge in [0.2, 0.25) is 5.16 Å². The third-order valence-electron chi connectivity index (χ3n) is 5.01. The van der Waals surface area contributed by atoms with E-state index in [1.165, 1.54) is 22.9 Å². The highest BCUT2D eigenvalue weighted by molar-refractivity contribution is 7.99. The number of nitro groups is 1. The van der Waals surface area contributed by atoms with Crippen LogP contribution in [-0.4, -0.2) is 50.3 Å². The summed E-state index contributed by atoms with van der Waals surface area (Å²) >= 11 is 1.04. The molecule has 4 rings (SSSR count). The molecule has 1 amide bonds.